The summed E-state index contributed by atoms with van der Waals surface area (Å²) >= 11 is 1.07. The first kappa shape index (κ1) is 42.4. The molecule has 0 saturated heterocycles. The summed E-state index contributed by atoms with van der Waals surface area (Å²) < 4.78 is 44.8. The minimum absolute atomic E-state index is 0.259. The molecule has 298 valence electrons. The van der Waals surface area contributed by atoms with Crippen LogP contribution < -0.4 is 10.2 Å². The molecular weight excluding hydrogens is 739 g/mol. The Labute approximate surface area is 330 Å². The second kappa shape index (κ2) is 17.6. The zero-order valence-electron chi connectivity index (χ0n) is 33.1. The number of carbonyl (C=O) groups excluding carboxylic acids is 1. The SMILES string of the molecule is CC(C)(C)OC(=O)NC1=C(/C=C/C2=[N+](CCCCSOOO)c3ccccc3C2(C)C)CC/C1=C\C=C1\N(CCCCS(=O)(=O)O)c2ccccc2C1(C)C. The van der Waals surface area contributed by atoms with Gasteiger partial charge in [-0.05, 0) is 95.6 Å². The van der Waals surface area contributed by atoms with Gasteiger partial charge in [0.05, 0.1) is 16.9 Å². The molecule has 0 aromatic heterocycles. The summed E-state index contributed by atoms with van der Waals surface area (Å²) in [5.41, 5.74) is 8.38. The zero-order valence-corrected chi connectivity index (χ0v) is 34.7. The first-order chi connectivity index (χ1) is 25.9. The lowest BCUT2D eigenvalue weighted by atomic mass is 9.81. The van der Waals surface area contributed by atoms with Crippen LogP contribution in [-0.4, -0.2) is 64.8 Å². The molecule has 2 aromatic rings. The van der Waals surface area contributed by atoms with Crippen molar-refractivity contribution >= 4 is 45.3 Å². The summed E-state index contributed by atoms with van der Waals surface area (Å²) in [7, 11) is -4.03. The fourth-order valence-electron chi connectivity index (χ4n) is 7.79. The summed E-state index contributed by atoms with van der Waals surface area (Å²) in [4.78, 5) is 15.6. The Morgan fingerprint density at radius 2 is 1.65 bits per heavy atom. The summed E-state index contributed by atoms with van der Waals surface area (Å²) in [6.45, 7) is 15.8. The number of benzene rings is 2. The van der Waals surface area contributed by atoms with Gasteiger partial charge in [0.1, 0.15) is 12.1 Å². The van der Waals surface area contributed by atoms with Gasteiger partial charge in [0.2, 0.25) is 5.69 Å². The highest BCUT2D eigenvalue weighted by atomic mass is 32.2. The predicted octanol–water partition coefficient (Wildman–Crippen LogP) is 9.32. The third-order valence-corrected chi connectivity index (χ3v) is 11.8. The average molecular weight is 795 g/mol. The number of carbonyl (C=O) groups is 1. The minimum Gasteiger partial charge on any atom is -0.444 e. The quantitative estimate of drug-likeness (QED) is 0.0377. The van der Waals surface area contributed by atoms with Gasteiger partial charge >= 0.3 is 6.09 Å². The number of unbranched alkanes of at least 4 members (excludes halogenated alkanes) is 2. The molecule has 3 aliphatic rings. The van der Waals surface area contributed by atoms with Crippen LogP contribution in [0.2, 0.25) is 0 Å². The van der Waals surface area contributed by atoms with E-state index in [1.807, 2.05) is 32.9 Å². The third kappa shape index (κ3) is 10.4. The molecule has 0 atom stereocenters. The Morgan fingerprint density at radius 1 is 0.945 bits per heavy atom. The monoisotopic (exact) mass is 794 g/mol. The van der Waals surface area contributed by atoms with Gasteiger partial charge in [-0.1, -0.05) is 67.4 Å². The summed E-state index contributed by atoms with van der Waals surface area (Å²) in [6, 6.07) is 16.7. The van der Waals surface area contributed by atoms with Crippen LogP contribution in [0.5, 0.6) is 0 Å². The number of nitrogens with one attached hydrogen (secondary N) is 1. The number of hydrogen-bond donors (Lipinski definition) is 3. The Balaban J connectivity index is 1.51. The van der Waals surface area contributed by atoms with Gasteiger partial charge in [0.15, 0.2) is 5.71 Å². The second-order valence-corrected chi connectivity index (χ2v) is 18.6. The molecule has 11 nitrogen and oxygen atoms in total. The number of amides is 1. The van der Waals surface area contributed by atoms with Crippen molar-refractivity contribution in [2.24, 2.45) is 0 Å². The molecule has 2 aliphatic heterocycles. The van der Waals surface area contributed by atoms with E-state index in [9.17, 15) is 17.8 Å². The Bertz CT molecular complexity index is 2010. The molecule has 0 bridgehead atoms. The fourth-order valence-corrected chi connectivity index (χ4v) is 8.79. The highest BCUT2D eigenvalue weighted by molar-refractivity contribution is 7.94. The van der Waals surface area contributed by atoms with Crippen molar-refractivity contribution < 1.29 is 41.7 Å². The van der Waals surface area contributed by atoms with Gasteiger partial charge in [-0.2, -0.15) is 13.0 Å². The fraction of sp³-hybridized carbons (Fsp3) is 0.476. The number of alkyl carbamates (subject to hydrolysis) is 1. The maximum Gasteiger partial charge on any atom is 0.412 e. The number of rotatable bonds is 16. The molecule has 2 heterocycles. The van der Waals surface area contributed by atoms with Gasteiger partial charge in [-0.3, -0.25) is 9.87 Å². The molecule has 5 rings (SSSR count). The molecule has 0 saturated carbocycles. The molecule has 0 fully saturated rings. The maximum atomic E-state index is 13.3. The van der Waals surface area contributed by atoms with E-state index in [4.69, 9.17) is 9.99 Å². The number of fused-ring (bicyclic) bond motifs is 2. The minimum atomic E-state index is -4.03. The van der Waals surface area contributed by atoms with E-state index in [1.54, 1.807) is 0 Å². The molecule has 2 aromatic carbocycles. The lowest BCUT2D eigenvalue weighted by molar-refractivity contribution is -0.438. The van der Waals surface area contributed by atoms with E-state index in [0.29, 0.717) is 25.1 Å². The third-order valence-electron chi connectivity index (χ3n) is 10.4. The van der Waals surface area contributed by atoms with Gasteiger partial charge in [0.25, 0.3) is 10.1 Å². The van der Waals surface area contributed by atoms with Crippen molar-refractivity contribution in [3.8, 4) is 0 Å². The maximum absolute atomic E-state index is 13.3. The number of anilines is 1. The van der Waals surface area contributed by atoms with Crippen LogP contribution in [0.4, 0.5) is 16.2 Å². The van der Waals surface area contributed by atoms with Crippen LogP contribution in [0.25, 0.3) is 0 Å². The highest BCUT2D eigenvalue weighted by Gasteiger charge is 2.44. The standard InChI is InChI=1S/C42H55N3O8S2/c1-40(2,3)51-39(46)43-38-30(22-24-36-41(4,5)32-16-8-10-18-34(32)44(36)26-12-14-28-54-53-52-47)20-21-31(38)23-25-37-42(6,7)33-17-9-11-19-35(33)45(37)27-13-15-29-55(48,49)50/h8-11,16-19,22-25H,12-15,20-21,26-29H2,1-7H3,(H2,47,48,49,50)/p+1/b31-23+,37-25+. The van der Waals surface area contributed by atoms with Crippen LogP contribution >= 0.6 is 12.0 Å². The Kier molecular flexibility index (Phi) is 13.6. The van der Waals surface area contributed by atoms with Crippen molar-refractivity contribution in [1.29, 1.82) is 0 Å². The summed E-state index contributed by atoms with van der Waals surface area (Å²) in [5, 5.41) is 15.3. The zero-order chi connectivity index (χ0) is 40.0. The van der Waals surface area contributed by atoms with Crippen molar-refractivity contribution in [2.45, 2.75) is 103 Å². The van der Waals surface area contributed by atoms with Gasteiger partial charge < -0.3 is 9.64 Å². The lowest BCUT2D eigenvalue weighted by Gasteiger charge is -2.27. The molecule has 0 radical (unpaired) electrons. The number of ether oxygens (including phenoxy) is 1. The highest BCUT2D eigenvalue weighted by Crippen LogP contribution is 2.48. The van der Waals surface area contributed by atoms with Crippen molar-refractivity contribution in [1.82, 2.24) is 5.32 Å². The number of nitrogens with zero attached hydrogens (tertiary/aromatic N) is 2. The van der Waals surface area contributed by atoms with Crippen molar-refractivity contribution in [3.05, 3.63) is 107 Å². The first-order valence-electron chi connectivity index (χ1n) is 18.9. The van der Waals surface area contributed by atoms with E-state index in [0.717, 1.165) is 78.2 Å². The Morgan fingerprint density at radius 3 is 2.36 bits per heavy atom. The van der Waals surface area contributed by atoms with E-state index in [1.165, 1.54) is 16.8 Å². The Hall–Kier alpha value is -3.72. The van der Waals surface area contributed by atoms with Gasteiger partial charge in [-0.25, -0.2) is 10.1 Å². The smallest absolute Gasteiger partial charge is 0.412 e. The van der Waals surface area contributed by atoms with Crippen LogP contribution in [-0.2, 0) is 35.1 Å². The van der Waals surface area contributed by atoms with Crippen LogP contribution in [0.3, 0.4) is 0 Å². The molecule has 55 heavy (non-hydrogen) atoms. The molecule has 1 amide bonds. The van der Waals surface area contributed by atoms with E-state index in [2.05, 4.69) is 113 Å². The molecule has 1 aliphatic carbocycles. The van der Waals surface area contributed by atoms with E-state index < -0.39 is 21.8 Å². The first-order valence-corrected chi connectivity index (χ1v) is 21.5. The van der Waals surface area contributed by atoms with Crippen LogP contribution in [0, 0.1) is 0 Å². The summed E-state index contributed by atoms with van der Waals surface area (Å²) in [5.74, 6) is 0.406. The normalized spacial score (nSPS) is 19.3. The summed E-state index contributed by atoms with van der Waals surface area (Å²) in [6.07, 6.45) is 12.2. The molecule has 0 spiro atoms. The van der Waals surface area contributed by atoms with Crippen LogP contribution in [0.15, 0.2) is 95.4 Å². The van der Waals surface area contributed by atoms with Crippen molar-refractivity contribution in [2.75, 3.05) is 29.5 Å². The predicted molar refractivity (Wildman–Crippen MR) is 219 cm³/mol. The number of para-hydroxylation sites is 2. The van der Waals surface area contributed by atoms with Crippen molar-refractivity contribution in [3.63, 3.8) is 0 Å². The number of allylic oxidation sites excluding steroid dienone is 7. The molecule has 3 N–H and O–H groups in total. The second-order valence-electron chi connectivity index (χ2n) is 16.2. The van der Waals surface area contributed by atoms with Crippen LogP contribution in [0.1, 0.15) is 98.1 Å². The van der Waals surface area contributed by atoms with E-state index >= 15 is 0 Å². The molecular formula is C42H56N3O8S2+. The number of hydrogen-bond acceptors (Lipinski definition) is 9. The molecule has 13 heteroatoms. The van der Waals surface area contributed by atoms with E-state index in [-0.39, 0.29) is 16.6 Å². The van der Waals surface area contributed by atoms with Gasteiger partial charge in [0, 0.05) is 65.3 Å². The topological polar surface area (TPSA) is 138 Å². The molecule has 0 unspecified atom stereocenters. The lowest BCUT2D eigenvalue weighted by Crippen LogP contribution is -2.32. The average Bonchev–Trinajstić information content (AvgIpc) is 3.65. The largest absolute Gasteiger partial charge is 0.444 e. The van der Waals surface area contributed by atoms with Gasteiger partial charge in [-0.15, -0.1) is 4.33 Å².